The molecule has 5 nitrogen and oxygen atoms in total. The molecule has 144 valence electrons. The molecule has 1 N–H and O–H groups in total. The van der Waals surface area contributed by atoms with Crippen molar-refractivity contribution in [1.29, 1.82) is 0 Å². The van der Waals surface area contributed by atoms with Gasteiger partial charge < -0.3 is 14.6 Å². The number of Topliss-reactive ketones (excluding diaryl/α,β-unsaturated/α-hetero) is 1. The van der Waals surface area contributed by atoms with E-state index in [-0.39, 0.29) is 16.9 Å². The molecular weight excluding hydrogens is 344 g/mol. The molecule has 0 fully saturated rings. The lowest BCUT2D eigenvalue weighted by molar-refractivity contribution is -0.136. The van der Waals surface area contributed by atoms with Crippen molar-refractivity contribution in [3.8, 4) is 11.5 Å². The SMILES string of the molecule is COC(=O)C1=C(C)CC2=C(C(=O)CC(C)(C)C2)C1c1ccc(OC)c(O)c1. The predicted octanol–water partition coefficient (Wildman–Crippen LogP) is 4.06. The summed E-state index contributed by atoms with van der Waals surface area (Å²) in [4.78, 5) is 25.7. The van der Waals surface area contributed by atoms with E-state index in [1.54, 1.807) is 18.2 Å². The second-order valence-corrected chi connectivity index (χ2v) is 8.18. The number of carbonyl (C=O) groups excluding carboxylic acids is 2. The molecule has 1 aromatic rings. The molecule has 0 bridgehead atoms. The maximum atomic E-state index is 13.1. The summed E-state index contributed by atoms with van der Waals surface area (Å²) in [5, 5.41) is 10.3. The smallest absolute Gasteiger partial charge is 0.334 e. The number of ether oxygens (including phenoxy) is 2. The fourth-order valence-electron chi connectivity index (χ4n) is 4.41. The second kappa shape index (κ2) is 6.87. The highest BCUT2D eigenvalue weighted by Crippen LogP contribution is 2.50. The molecule has 0 aliphatic heterocycles. The number of hydrogen-bond donors (Lipinski definition) is 1. The van der Waals surface area contributed by atoms with Crippen LogP contribution in [0.25, 0.3) is 0 Å². The van der Waals surface area contributed by atoms with Gasteiger partial charge in [0.2, 0.25) is 0 Å². The summed E-state index contributed by atoms with van der Waals surface area (Å²) in [5.41, 5.74) is 3.77. The Morgan fingerprint density at radius 1 is 1.22 bits per heavy atom. The lowest BCUT2D eigenvalue weighted by atomic mass is 9.64. The monoisotopic (exact) mass is 370 g/mol. The number of aromatic hydroxyl groups is 1. The van der Waals surface area contributed by atoms with Crippen LogP contribution in [0.3, 0.4) is 0 Å². The van der Waals surface area contributed by atoms with E-state index >= 15 is 0 Å². The van der Waals surface area contributed by atoms with Crippen LogP contribution in [0.15, 0.2) is 40.5 Å². The van der Waals surface area contributed by atoms with Crippen molar-refractivity contribution in [3.63, 3.8) is 0 Å². The Bertz CT molecular complexity index is 873. The Balaban J connectivity index is 2.21. The van der Waals surface area contributed by atoms with Crippen LogP contribution in [-0.4, -0.2) is 31.1 Å². The highest BCUT2D eigenvalue weighted by Gasteiger charge is 2.42. The number of methoxy groups -OCH3 is 2. The van der Waals surface area contributed by atoms with Crippen LogP contribution in [0, 0.1) is 5.41 Å². The molecule has 3 rings (SSSR count). The van der Waals surface area contributed by atoms with E-state index in [0.29, 0.717) is 35.3 Å². The fraction of sp³-hybridized carbons (Fsp3) is 0.455. The van der Waals surface area contributed by atoms with E-state index in [1.807, 2.05) is 6.92 Å². The quantitative estimate of drug-likeness (QED) is 0.812. The molecule has 0 radical (unpaired) electrons. The minimum atomic E-state index is -0.526. The summed E-state index contributed by atoms with van der Waals surface area (Å²) in [7, 11) is 2.83. The number of hydrogen-bond acceptors (Lipinski definition) is 5. The highest BCUT2D eigenvalue weighted by atomic mass is 16.5. The summed E-state index contributed by atoms with van der Waals surface area (Å²) in [6, 6.07) is 5.02. The van der Waals surface area contributed by atoms with Crippen LogP contribution in [0.4, 0.5) is 0 Å². The number of allylic oxidation sites excluding steroid dienone is 3. The molecule has 27 heavy (non-hydrogen) atoms. The molecule has 1 atom stereocenters. The van der Waals surface area contributed by atoms with Gasteiger partial charge in [-0.15, -0.1) is 0 Å². The lowest BCUT2D eigenvalue weighted by Crippen LogP contribution is -2.33. The van der Waals surface area contributed by atoms with Crippen molar-refractivity contribution >= 4 is 11.8 Å². The summed E-state index contributed by atoms with van der Waals surface area (Å²) in [6.07, 6.45) is 1.87. The third-order valence-corrected chi connectivity index (χ3v) is 5.47. The van der Waals surface area contributed by atoms with E-state index in [2.05, 4.69) is 13.8 Å². The first-order chi connectivity index (χ1) is 12.7. The van der Waals surface area contributed by atoms with E-state index in [4.69, 9.17) is 9.47 Å². The van der Waals surface area contributed by atoms with Gasteiger partial charge in [-0.05, 0) is 42.9 Å². The molecule has 0 spiro atoms. The Labute approximate surface area is 159 Å². The number of ketones is 1. The van der Waals surface area contributed by atoms with Gasteiger partial charge in [-0.25, -0.2) is 4.79 Å². The first-order valence-corrected chi connectivity index (χ1v) is 9.08. The number of benzene rings is 1. The van der Waals surface area contributed by atoms with Crippen molar-refractivity contribution < 1.29 is 24.2 Å². The van der Waals surface area contributed by atoms with Crippen LogP contribution < -0.4 is 4.74 Å². The third-order valence-electron chi connectivity index (χ3n) is 5.47. The van der Waals surface area contributed by atoms with Gasteiger partial charge in [-0.1, -0.05) is 31.1 Å². The van der Waals surface area contributed by atoms with Crippen LogP contribution >= 0.6 is 0 Å². The van der Waals surface area contributed by atoms with Crippen LogP contribution in [-0.2, 0) is 14.3 Å². The lowest BCUT2D eigenvalue weighted by Gasteiger charge is -2.39. The van der Waals surface area contributed by atoms with Crippen molar-refractivity contribution in [2.75, 3.05) is 14.2 Å². The molecule has 0 aromatic heterocycles. The van der Waals surface area contributed by atoms with Crippen molar-refractivity contribution in [2.45, 2.75) is 46.0 Å². The molecule has 1 unspecified atom stereocenters. The largest absolute Gasteiger partial charge is 0.504 e. The second-order valence-electron chi connectivity index (χ2n) is 8.18. The standard InChI is InChI=1S/C22H26O5/c1-12-8-14-10-22(2,3)11-16(24)19(14)20(18(12)21(25)27-5)13-6-7-17(26-4)15(23)9-13/h6-7,9,20,23H,8,10-11H2,1-5H3. The van der Waals surface area contributed by atoms with Crippen molar-refractivity contribution in [3.05, 3.63) is 46.1 Å². The van der Waals surface area contributed by atoms with Gasteiger partial charge in [0.05, 0.1) is 14.2 Å². The zero-order chi connectivity index (χ0) is 19.9. The fourth-order valence-corrected chi connectivity index (χ4v) is 4.41. The Hall–Kier alpha value is -2.56. The number of phenols is 1. The maximum absolute atomic E-state index is 13.1. The number of rotatable bonds is 3. The average Bonchev–Trinajstić information content (AvgIpc) is 2.58. The van der Waals surface area contributed by atoms with Crippen LogP contribution in [0.1, 0.15) is 51.5 Å². The van der Waals surface area contributed by atoms with E-state index in [0.717, 1.165) is 17.6 Å². The minimum Gasteiger partial charge on any atom is -0.504 e. The molecule has 0 heterocycles. The Morgan fingerprint density at radius 3 is 2.52 bits per heavy atom. The highest BCUT2D eigenvalue weighted by molar-refractivity contribution is 6.04. The molecular formula is C22H26O5. The third kappa shape index (κ3) is 3.38. The Morgan fingerprint density at radius 2 is 1.93 bits per heavy atom. The Kier molecular flexibility index (Phi) is 4.89. The van der Waals surface area contributed by atoms with Crippen molar-refractivity contribution in [2.24, 2.45) is 5.41 Å². The zero-order valence-corrected chi connectivity index (χ0v) is 16.5. The zero-order valence-electron chi connectivity index (χ0n) is 16.5. The number of esters is 1. The topological polar surface area (TPSA) is 72.8 Å². The summed E-state index contributed by atoms with van der Waals surface area (Å²) < 4.78 is 10.2. The first-order valence-electron chi connectivity index (χ1n) is 9.08. The van der Waals surface area contributed by atoms with Crippen LogP contribution in [0.2, 0.25) is 0 Å². The molecule has 5 heteroatoms. The molecule has 0 saturated carbocycles. The number of phenolic OH excluding ortho intramolecular Hbond substituents is 1. The first kappa shape index (κ1) is 19.2. The molecule has 0 saturated heterocycles. The average molecular weight is 370 g/mol. The molecule has 2 aliphatic rings. The number of carbonyl (C=O) groups is 2. The molecule has 1 aromatic carbocycles. The van der Waals surface area contributed by atoms with Gasteiger partial charge in [0.15, 0.2) is 17.3 Å². The summed E-state index contributed by atoms with van der Waals surface area (Å²) >= 11 is 0. The van der Waals surface area contributed by atoms with E-state index < -0.39 is 11.9 Å². The van der Waals surface area contributed by atoms with Gasteiger partial charge in [0, 0.05) is 23.5 Å². The van der Waals surface area contributed by atoms with E-state index in [9.17, 15) is 14.7 Å². The van der Waals surface area contributed by atoms with Crippen molar-refractivity contribution in [1.82, 2.24) is 0 Å². The van der Waals surface area contributed by atoms with Gasteiger partial charge in [0.25, 0.3) is 0 Å². The molecule has 2 aliphatic carbocycles. The predicted molar refractivity (Wildman–Crippen MR) is 102 cm³/mol. The molecule has 0 amide bonds. The van der Waals surface area contributed by atoms with Gasteiger partial charge in [0.1, 0.15) is 0 Å². The van der Waals surface area contributed by atoms with E-state index in [1.165, 1.54) is 14.2 Å². The minimum absolute atomic E-state index is 0.0202. The van der Waals surface area contributed by atoms with Crippen LogP contribution in [0.5, 0.6) is 11.5 Å². The van der Waals surface area contributed by atoms with Gasteiger partial charge in [-0.3, -0.25) is 4.79 Å². The maximum Gasteiger partial charge on any atom is 0.334 e. The van der Waals surface area contributed by atoms with Gasteiger partial charge in [-0.2, -0.15) is 0 Å². The summed E-state index contributed by atoms with van der Waals surface area (Å²) in [6.45, 7) is 6.11. The van der Waals surface area contributed by atoms with Gasteiger partial charge >= 0.3 is 5.97 Å². The normalized spacial score (nSPS) is 21.8. The summed E-state index contributed by atoms with van der Waals surface area (Å²) in [5.74, 6) is -0.567.